The second-order valence-electron chi connectivity index (χ2n) is 5.08. The molecule has 0 saturated carbocycles. The number of nitro benzene ring substituents is 3. The summed E-state index contributed by atoms with van der Waals surface area (Å²) in [5.74, 6) is 0. The monoisotopic (exact) mass is 341 g/mol. The van der Waals surface area contributed by atoms with Crippen molar-refractivity contribution in [2.75, 3.05) is 0 Å². The lowest BCUT2D eigenvalue weighted by Crippen LogP contribution is -2.31. The molecule has 0 spiro atoms. The van der Waals surface area contributed by atoms with Gasteiger partial charge in [-0.2, -0.15) is 4.57 Å². The van der Waals surface area contributed by atoms with Gasteiger partial charge in [0.15, 0.2) is 12.4 Å². The quantitative estimate of drug-likeness (QED) is 0.407. The van der Waals surface area contributed by atoms with Gasteiger partial charge in [0.05, 0.1) is 14.8 Å². The molecule has 3 aromatic rings. The molecule has 0 saturated heterocycles. The van der Waals surface area contributed by atoms with Crippen molar-refractivity contribution in [1.29, 1.82) is 0 Å². The number of rotatable bonds is 4. The van der Waals surface area contributed by atoms with Crippen molar-refractivity contribution in [1.82, 2.24) is 0 Å². The van der Waals surface area contributed by atoms with Gasteiger partial charge >= 0.3 is 17.1 Å². The minimum Gasteiger partial charge on any atom is -0.258 e. The highest BCUT2D eigenvalue weighted by molar-refractivity contribution is 5.80. The van der Waals surface area contributed by atoms with Crippen LogP contribution < -0.4 is 4.57 Å². The third-order valence-electron chi connectivity index (χ3n) is 3.61. The molecular weight excluding hydrogens is 332 g/mol. The van der Waals surface area contributed by atoms with E-state index in [1.165, 1.54) is 17.0 Å². The van der Waals surface area contributed by atoms with Gasteiger partial charge in [0.25, 0.3) is 5.69 Å². The van der Waals surface area contributed by atoms with Crippen LogP contribution >= 0.6 is 0 Å². The maximum absolute atomic E-state index is 11.4. The van der Waals surface area contributed by atoms with Crippen LogP contribution in [0.3, 0.4) is 0 Å². The van der Waals surface area contributed by atoms with E-state index >= 15 is 0 Å². The predicted molar refractivity (Wildman–Crippen MR) is 85.4 cm³/mol. The van der Waals surface area contributed by atoms with Crippen LogP contribution in [0.4, 0.5) is 17.1 Å². The molecule has 124 valence electrons. The Kier molecular flexibility index (Phi) is 3.77. The standard InChI is InChI=1S/C15H9N4O6/c20-17(21)12-7-13(18(22)23)15(14(8-12)19(24)25)16-6-5-10-3-1-2-4-11(10)9-16/h1-9H/q+1. The number of nitro groups is 3. The molecule has 0 aliphatic heterocycles. The van der Waals surface area contributed by atoms with E-state index in [0.29, 0.717) is 17.5 Å². The highest BCUT2D eigenvalue weighted by Gasteiger charge is 2.37. The molecule has 0 aliphatic carbocycles. The number of non-ortho nitro benzene ring substituents is 1. The fourth-order valence-corrected chi connectivity index (χ4v) is 2.51. The lowest BCUT2D eigenvalue weighted by Gasteiger charge is -2.01. The molecular formula is C15H9N4O6+. The van der Waals surface area contributed by atoms with Crippen LogP contribution in [-0.2, 0) is 0 Å². The molecule has 25 heavy (non-hydrogen) atoms. The molecule has 0 bridgehead atoms. The Morgan fingerprint density at radius 2 is 1.32 bits per heavy atom. The smallest absolute Gasteiger partial charge is 0.258 e. The first-order valence-electron chi connectivity index (χ1n) is 6.90. The van der Waals surface area contributed by atoms with E-state index in [9.17, 15) is 30.3 Å². The maximum atomic E-state index is 11.4. The second kappa shape index (κ2) is 5.92. The van der Waals surface area contributed by atoms with Gasteiger partial charge in [0.1, 0.15) is 12.1 Å². The first-order valence-corrected chi connectivity index (χ1v) is 6.90. The summed E-state index contributed by atoms with van der Waals surface area (Å²) in [6, 6.07) is 10.2. The SMILES string of the molecule is O=[N+]([O-])c1cc([N+](=O)[O-])c(-[n+]2ccc3ccccc3c2)c([N+](=O)[O-])c1. The van der Waals surface area contributed by atoms with Gasteiger partial charge in [-0.25, -0.2) is 0 Å². The third-order valence-corrected chi connectivity index (χ3v) is 3.61. The van der Waals surface area contributed by atoms with Gasteiger partial charge in [-0.05, 0) is 11.5 Å². The highest BCUT2D eigenvalue weighted by atomic mass is 16.6. The van der Waals surface area contributed by atoms with E-state index in [2.05, 4.69) is 0 Å². The number of benzene rings is 2. The van der Waals surface area contributed by atoms with Crippen LogP contribution in [0.2, 0.25) is 0 Å². The summed E-state index contributed by atoms with van der Waals surface area (Å²) in [5.41, 5.74) is -2.50. The lowest BCUT2D eigenvalue weighted by atomic mass is 10.1. The van der Waals surface area contributed by atoms with Gasteiger partial charge in [-0.1, -0.05) is 18.2 Å². The fraction of sp³-hybridized carbons (Fsp3) is 0. The Balaban J connectivity index is 2.37. The third kappa shape index (κ3) is 2.83. The summed E-state index contributed by atoms with van der Waals surface area (Å²) < 4.78 is 1.22. The molecule has 2 aromatic carbocycles. The Morgan fingerprint density at radius 3 is 1.84 bits per heavy atom. The first kappa shape index (κ1) is 15.9. The zero-order valence-electron chi connectivity index (χ0n) is 12.4. The Bertz CT molecular complexity index is 1010. The molecule has 1 heterocycles. The zero-order valence-corrected chi connectivity index (χ0v) is 12.4. The normalized spacial score (nSPS) is 10.6. The Labute approximate surface area is 139 Å². The highest BCUT2D eigenvalue weighted by Crippen LogP contribution is 2.33. The maximum Gasteiger partial charge on any atom is 0.367 e. The molecule has 0 N–H and O–H groups in total. The number of hydrogen-bond donors (Lipinski definition) is 0. The van der Waals surface area contributed by atoms with E-state index in [4.69, 9.17) is 0 Å². The van der Waals surface area contributed by atoms with Crippen LogP contribution in [0.15, 0.2) is 54.9 Å². The average molecular weight is 341 g/mol. The average Bonchev–Trinajstić information content (AvgIpc) is 2.59. The van der Waals surface area contributed by atoms with E-state index in [1.54, 1.807) is 18.2 Å². The van der Waals surface area contributed by atoms with Gasteiger partial charge in [-0.3, -0.25) is 30.3 Å². The van der Waals surface area contributed by atoms with Crippen LogP contribution in [0.1, 0.15) is 0 Å². The molecule has 10 heteroatoms. The largest absolute Gasteiger partial charge is 0.367 e. The summed E-state index contributed by atoms with van der Waals surface area (Å²) in [5, 5.41) is 35.2. The second-order valence-corrected chi connectivity index (χ2v) is 5.08. The molecule has 0 radical (unpaired) electrons. The first-order chi connectivity index (χ1) is 11.9. The van der Waals surface area contributed by atoms with E-state index in [0.717, 1.165) is 5.39 Å². The molecule has 0 unspecified atom stereocenters. The van der Waals surface area contributed by atoms with Crippen LogP contribution in [0.5, 0.6) is 0 Å². The van der Waals surface area contributed by atoms with E-state index < -0.39 is 31.8 Å². The van der Waals surface area contributed by atoms with Crippen molar-refractivity contribution in [3.8, 4) is 5.69 Å². The number of aromatic nitrogens is 1. The molecule has 0 atom stereocenters. The topological polar surface area (TPSA) is 133 Å². The van der Waals surface area contributed by atoms with Gasteiger partial charge in [-0.15, -0.1) is 0 Å². The zero-order chi connectivity index (χ0) is 18.1. The van der Waals surface area contributed by atoms with Crippen LogP contribution in [-0.4, -0.2) is 14.8 Å². The number of fused-ring (bicyclic) bond motifs is 1. The number of nitrogens with zero attached hydrogens (tertiary/aromatic N) is 4. The fourth-order valence-electron chi connectivity index (χ4n) is 2.51. The summed E-state index contributed by atoms with van der Waals surface area (Å²) in [4.78, 5) is 31.0. The van der Waals surface area contributed by atoms with Gasteiger partial charge in [0, 0.05) is 11.5 Å². The molecule has 0 aliphatic rings. The molecule has 10 nitrogen and oxygen atoms in total. The summed E-state index contributed by atoms with van der Waals surface area (Å²) >= 11 is 0. The van der Waals surface area contributed by atoms with Gasteiger partial charge < -0.3 is 0 Å². The van der Waals surface area contributed by atoms with Crippen LogP contribution in [0, 0.1) is 30.3 Å². The summed E-state index contributed by atoms with van der Waals surface area (Å²) in [6.45, 7) is 0. The molecule has 1 aromatic heterocycles. The minimum absolute atomic E-state index is 0.341. The van der Waals surface area contributed by atoms with Crippen molar-refractivity contribution < 1.29 is 19.3 Å². The van der Waals surface area contributed by atoms with Crippen molar-refractivity contribution in [3.63, 3.8) is 0 Å². The summed E-state index contributed by atoms with van der Waals surface area (Å²) in [6.07, 6.45) is 2.93. The Morgan fingerprint density at radius 1 is 0.760 bits per heavy atom. The van der Waals surface area contributed by atoms with Crippen molar-refractivity contribution in [2.45, 2.75) is 0 Å². The molecule has 0 fully saturated rings. The predicted octanol–water partition coefficient (Wildman–Crippen LogP) is 2.84. The molecule has 3 rings (SSSR count). The van der Waals surface area contributed by atoms with Crippen molar-refractivity contribution in [3.05, 3.63) is 85.2 Å². The summed E-state index contributed by atoms with van der Waals surface area (Å²) in [7, 11) is 0. The van der Waals surface area contributed by atoms with Gasteiger partial charge in [0.2, 0.25) is 0 Å². The lowest BCUT2D eigenvalue weighted by molar-refractivity contribution is -0.604. The number of pyridine rings is 1. The van der Waals surface area contributed by atoms with Crippen molar-refractivity contribution >= 4 is 27.8 Å². The van der Waals surface area contributed by atoms with E-state index in [1.807, 2.05) is 12.1 Å². The van der Waals surface area contributed by atoms with Crippen molar-refractivity contribution in [2.24, 2.45) is 0 Å². The Hall–Kier alpha value is -3.95. The van der Waals surface area contributed by atoms with Crippen LogP contribution in [0.25, 0.3) is 16.5 Å². The molecule has 0 amide bonds. The van der Waals surface area contributed by atoms with E-state index in [-0.39, 0.29) is 5.69 Å². The number of hydrogen-bond acceptors (Lipinski definition) is 6. The minimum atomic E-state index is -0.908.